The van der Waals surface area contributed by atoms with E-state index >= 15 is 0 Å². The van der Waals surface area contributed by atoms with Crippen molar-refractivity contribution in [3.8, 4) is 0 Å². The molecule has 7 nitrogen and oxygen atoms in total. The fourth-order valence-electron chi connectivity index (χ4n) is 4.23. The van der Waals surface area contributed by atoms with Crippen molar-refractivity contribution in [2.24, 2.45) is 0 Å². The highest BCUT2D eigenvalue weighted by atomic mass is 32.1. The van der Waals surface area contributed by atoms with Gasteiger partial charge in [0.2, 0.25) is 0 Å². The number of aryl methyl sites for hydroxylation is 1. The van der Waals surface area contributed by atoms with Gasteiger partial charge in [-0.05, 0) is 32.7 Å². The van der Waals surface area contributed by atoms with Crippen molar-refractivity contribution in [3.05, 3.63) is 33.5 Å². The van der Waals surface area contributed by atoms with E-state index in [1.54, 1.807) is 11.3 Å². The fraction of sp³-hybridized carbons (Fsp3) is 0.650. The number of ether oxygens (including phenoxy) is 1. The van der Waals surface area contributed by atoms with Crippen molar-refractivity contribution in [1.29, 1.82) is 0 Å². The van der Waals surface area contributed by atoms with Crippen molar-refractivity contribution in [1.82, 2.24) is 24.6 Å². The van der Waals surface area contributed by atoms with Gasteiger partial charge in [-0.3, -0.25) is 14.4 Å². The van der Waals surface area contributed by atoms with E-state index in [9.17, 15) is 4.79 Å². The summed E-state index contributed by atoms with van der Waals surface area (Å²) in [5.41, 5.74) is 6.08. The standard InChI is InChI=1S/C20H29N5O2S/c1-3-6-25-18-5-4-16(23(2)12-15-13-28-14-21-15)11-17(18)19(22-25)20(26)24-7-9-27-10-8-24/h13-14,16H,3-12H2,1-2H3. The predicted molar refractivity (Wildman–Crippen MR) is 109 cm³/mol. The van der Waals surface area contributed by atoms with E-state index in [4.69, 9.17) is 9.84 Å². The van der Waals surface area contributed by atoms with Crippen LogP contribution in [-0.4, -0.2) is 69.9 Å². The summed E-state index contributed by atoms with van der Waals surface area (Å²) in [5.74, 6) is 0.0669. The average Bonchev–Trinajstić information content (AvgIpc) is 3.36. The summed E-state index contributed by atoms with van der Waals surface area (Å²) >= 11 is 1.64. The third-order valence-electron chi connectivity index (χ3n) is 5.78. The van der Waals surface area contributed by atoms with E-state index in [0.717, 1.165) is 50.0 Å². The molecule has 2 aromatic rings. The minimum atomic E-state index is 0.0669. The van der Waals surface area contributed by atoms with Crippen LogP contribution in [0.1, 0.15) is 47.2 Å². The SMILES string of the molecule is CCCn1nc(C(=O)N2CCOCC2)c2c1CCC(N(C)Cc1cscn1)C2. The topological polar surface area (TPSA) is 63.5 Å². The smallest absolute Gasteiger partial charge is 0.274 e. The maximum Gasteiger partial charge on any atom is 0.274 e. The molecule has 0 N–H and O–H groups in total. The number of amides is 1. The van der Waals surface area contributed by atoms with Gasteiger partial charge in [0.25, 0.3) is 5.91 Å². The van der Waals surface area contributed by atoms with Crippen LogP contribution in [0.4, 0.5) is 0 Å². The summed E-state index contributed by atoms with van der Waals surface area (Å²) in [7, 11) is 2.16. The third kappa shape index (κ3) is 3.99. The minimum Gasteiger partial charge on any atom is -0.378 e. The molecule has 0 bridgehead atoms. The molecule has 1 atom stereocenters. The molecule has 1 saturated heterocycles. The molecule has 152 valence electrons. The van der Waals surface area contributed by atoms with Gasteiger partial charge >= 0.3 is 0 Å². The van der Waals surface area contributed by atoms with Gasteiger partial charge in [-0.25, -0.2) is 4.98 Å². The first kappa shape index (κ1) is 19.5. The molecule has 4 rings (SSSR count). The second-order valence-corrected chi connectivity index (χ2v) is 8.41. The summed E-state index contributed by atoms with van der Waals surface area (Å²) < 4.78 is 7.49. The molecule has 1 fully saturated rings. The zero-order valence-corrected chi connectivity index (χ0v) is 17.6. The Morgan fingerprint density at radius 2 is 2.21 bits per heavy atom. The average molecular weight is 404 g/mol. The Bertz CT molecular complexity index is 798. The first-order chi connectivity index (χ1) is 13.7. The molecule has 3 heterocycles. The molecule has 0 aromatic carbocycles. The predicted octanol–water partition coefficient (Wildman–Crippen LogP) is 2.21. The number of morpholine rings is 1. The van der Waals surface area contributed by atoms with E-state index in [1.165, 1.54) is 5.69 Å². The molecule has 28 heavy (non-hydrogen) atoms. The molecule has 0 radical (unpaired) electrons. The zero-order chi connectivity index (χ0) is 19.5. The molecule has 0 saturated carbocycles. The van der Waals surface area contributed by atoms with Crippen LogP contribution in [-0.2, 0) is 30.7 Å². The molecule has 1 unspecified atom stereocenters. The monoisotopic (exact) mass is 403 g/mol. The van der Waals surface area contributed by atoms with Crippen molar-refractivity contribution >= 4 is 17.2 Å². The molecule has 2 aromatic heterocycles. The normalized spacial score (nSPS) is 19.8. The third-order valence-corrected chi connectivity index (χ3v) is 6.41. The Kier molecular flexibility index (Phi) is 6.08. The molecular weight excluding hydrogens is 374 g/mol. The number of hydrogen-bond acceptors (Lipinski definition) is 6. The fourth-order valence-corrected chi connectivity index (χ4v) is 4.78. The van der Waals surface area contributed by atoms with Gasteiger partial charge in [0, 0.05) is 48.9 Å². The van der Waals surface area contributed by atoms with Gasteiger partial charge in [0.05, 0.1) is 24.4 Å². The lowest BCUT2D eigenvalue weighted by Crippen LogP contribution is -2.42. The molecule has 1 amide bonds. The molecular formula is C20H29N5O2S. The molecule has 1 aliphatic heterocycles. The van der Waals surface area contributed by atoms with E-state index in [1.807, 2.05) is 10.4 Å². The Hall–Kier alpha value is -1.77. The number of aromatic nitrogens is 3. The summed E-state index contributed by atoms with van der Waals surface area (Å²) in [6.45, 7) is 6.41. The molecule has 1 aliphatic carbocycles. The number of nitrogens with zero attached hydrogens (tertiary/aromatic N) is 5. The Morgan fingerprint density at radius 3 is 2.93 bits per heavy atom. The van der Waals surface area contributed by atoms with E-state index in [0.29, 0.717) is 38.0 Å². The van der Waals surface area contributed by atoms with Crippen molar-refractivity contribution in [2.75, 3.05) is 33.4 Å². The largest absolute Gasteiger partial charge is 0.378 e. The number of rotatable bonds is 6. The lowest BCUT2D eigenvalue weighted by Gasteiger charge is -2.32. The van der Waals surface area contributed by atoms with Crippen LogP contribution in [0.25, 0.3) is 0 Å². The van der Waals surface area contributed by atoms with Gasteiger partial charge < -0.3 is 9.64 Å². The second kappa shape index (κ2) is 8.71. The maximum atomic E-state index is 13.2. The summed E-state index contributed by atoms with van der Waals surface area (Å²) in [6.07, 6.45) is 3.97. The molecule has 0 spiro atoms. The van der Waals surface area contributed by atoms with E-state index in [-0.39, 0.29) is 5.91 Å². The van der Waals surface area contributed by atoms with Crippen molar-refractivity contribution in [3.63, 3.8) is 0 Å². The molecule has 8 heteroatoms. The zero-order valence-electron chi connectivity index (χ0n) is 16.8. The quantitative estimate of drug-likeness (QED) is 0.740. The van der Waals surface area contributed by atoms with E-state index < -0.39 is 0 Å². The number of fused-ring (bicyclic) bond motifs is 1. The number of hydrogen-bond donors (Lipinski definition) is 0. The second-order valence-electron chi connectivity index (χ2n) is 7.69. The lowest BCUT2D eigenvalue weighted by atomic mass is 9.90. The first-order valence-electron chi connectivity index (χ1n) is 10.2. The minimum absolute atomic E-state index is 0.0669. The highest BCUT2D eigenvalue weighted by molar-refractivity contribution is 7.07. The maximum absolute atomic E-state index is 13.2. The van der Waals surface area contributed by atoms with Crippen LogP contribution >= 0.6 is 11.3 Å². The Labute approximate surface area is 170 Å². The van der Waals surface area contributed by atoms with Crippen LogP contribution in [0.15, 0.2) is 10.9 Å². The van der Waals surface area contributed by atoms with Crippen LogP contribution < -0.4 is 0 Å². The summed E-state index contributed by atoms with van der Waals surface area (Å²) in [5, 5.41) is 6.89. The summed E-state index contributed by atoms with van der Waals surface area (Å²) in [6, 6.07) is 0.407. The van der Waals surface area contributed by atoms with Crippen molar-refractivity contribution < 1.29 is 9.53 Å². The van der Waals surface area contributed by atoms with Gasteiger partial charge in [-0.15, -0.1) is 11.3 Å². The van der Waals surface area contributed by atoms with Gasteiger partial charge in [-0.2, -0.15) is 5.10 Å². The number of carbonyl (C=O) groups is 1. The number of carbonyl (C=O) groups excluding carboxylic acids is 1. The van der Waals surface area contributed by atoms with E-state index in [2.05, 4.69) is 33.9 Å². The van der Waals surface area contributed by atoms with Crippen molar-refractivity contribution in [2.45, 2.75) is 51.7 Å². The Morgan fingerprint density at radius 1 is 1.39 bits per heavy atom. The van der Waals surface area contributed by atoms with Crippen LogP contribution in [0, 0.1) is 0 Å². The van der Waals surface area contributed by atoms with Crippen LogP contribution in [0.2, 0.25) is 0 Å². The van der Waals surface area contributed by atoms with Gasteiger partial charge in [0.15, 0.2) is 5.69 Å². The van der Waals surface area contributed by atoms with Gasteiger partial charge in [-0.1, -0.05) is 6.92 Å². The van der Waals surface area contributed by atoms with Crippen LogP contribution in [0.5, 0.6) is 0 Å². The molecule has 2 aliphatic rings. The van der Waals surface area contributed by atoms with Gasteiger partial charge in [0.1, 0.15) is 0 Å². The Balaban J connectivity index is 1.56. The summed E-state index contributed by atoms with van der Waals surface area (Å²) in [4.78, 5) is 21.9. The highest BCUT2D eigenvalue weighted by Crippen LogP contribution is 2.29. The number of likely N-dealkylation sites (N-methyl/N-ethyl adjacent to an activating group) is 1. The first-order valence-corrected chi connectivity index (χ1v) is 11.1. The lowest BCUT2D eigenvalue weighted by molar-refractivity contribution is 0.0297. The number of thiazole rings is 1. The van der Waals surface area contributed by atoms with Crippen LogP contribution in [0.3, 0.4) is 0 Å². The highest BCUT2D eigenvalue weighted by Gasteiger charge is 2.32.